The summed E-state index contributed by atoms with van der Waals surface area (Å²) in [7, 11) is 0. The fraction of sp³-hybridized carbons (Fsp3) is 0.583. The minimum Gasteiger partial charge on any atom is -0.309 e. The first kappa shape index (κ1) is 8.42. The second-order valence-corrected chi connectivity index (χ2v) is 4.62. The number of aromatic nitrogens is 1. The lowest BCUT2D eigenvalue weighted by atomic mass is 9.81. The maximum atomic E-state index is 4.14. The molecule has 0 spiro atoms. The standard InChI is InChI=1S/C12H16N2/c1-8-6-13-5-4-10(8)12-11(7-14-12)9-2-3-9/h4-6,9,11-12,14H,2-3,7H2,1H3. The highest BCUT2D eigenvalue weighted by Gasteiger charge is 2.42. The zero-order chi connectivity index (χ0) is 9.54. The first-order chi connectivity index (χ1) is 6.86. The zero-order valence-electron chi connectivity index (χ0n) is 8.53. The van der Waals surface area contributed by atoms with Crippen molar-refractivity contribution < 1.29 is 0 Å². The van der Waals surface area contributed by atoms with Gasteiger partial charge in [-0.05, 0) is 48.8 Å². The van der Waals surface area contributed by atoms with E-state index in [0.29, 0.717) is 6.04 Å². The van der Waals surface area contributed by atoms with Crippen LogP contribution in [0.2, 0.25) is 0 Å². The van der Waals surface area contributed by atoms with Crippen LogP contribution in [-0.4, -0.2) is 11.5 Å². The summed E-state index contributed by atoms with van der Waals surface area (Å²) in [6.45, 7) is 3.38. The number of rotatable bonds is 2. The lowest BCUT2D eigenvalue weighted by Crippen LogP contribution is -2.47. The maximum absolute atomic E-state index is 4.14. The number of nitrogens with one attached hydrogen (secondary N) is 1. The van der Waals surface area contributed by atoms with Gasteiger partial charge in [0.15, 0.2) is 0 Å². The highest BCUT2D eigenvalue weighted by atomic mass is 15.0. The molecule has 2 heteroatoms. The van der Waals surface area contributed by atoms with Crippen LogP contribution in [0.15, 0.2) is 18.5 Å². The van der Waals surface area contributed by atoms with E-state index in [-0.39, 0.29) is 0 Å². The lowest BCUT2D eigenvalue weighted by molar-refractivity contribution is 0.205. The smallest absolute Gasteiger partial charge is 0.0367 e. The molecule has 14 heavy (non-hydrogen) atoms. The van der Waals surface area contributed by atoms with E-state index in [1.807, 2.05) is 12.4 Å². The van der Waals surface area contributed by atoms with Gasteiger partial charge in [-0.1, -0.05) is 0 Å². The first-order valence-corrected chi connectivity index (χ1v) is 5.50. The van der Waals surface area contributed by atoms with Crippen molar-refractivity contribution >= 4 is 0 Å². The zero-order valence-corrected chi connectivity index (χ0v) is 8.53. The summed E-state index contributed by atoms with van der Waals surface area (Å²) in [5, 5.41) is 3.55. The van der Waals surface area contributed by atoms with Gasteiger partial charge in [0, 0.05) is 25.0 Å². The van der Waals surface area contributed by atoms with E-state index in [1.54, 1.807) is 0 Å². The van der Waals surface area contributed by atoms with E-state index in [9.17, 15) is 0 Å². The predicted octanol–water partition coefficient (Wildman–Crippen LogP) is 2.06. The number of hydrogen-bond acceptors (Lipinski definition) is 2. The number of nitrogens with zero attached hydrogens (tertiary/aromatic N) is 1. The third-order valence-electron chi connectivity index (χ3n) is 3.63. The van der Waals surface area contributed by atoms with E-state index in [1.165, 1.54) is 30.5 Å². The van der Waals surface area contributed by atoms with Gasteiger partial charge in [0.2, 0.25) is 0 Å². The van der Waals surface area contributed by atoms with Crippen LogP contribution in [0.5, 0.6) is 0 Å². The second kappa shape index (κ2) is 3.06. The molecule has 2 unspecified atom stereocenters. The van der Waals surface area contributed by atoms with Gasteiger partial charge in [-0.25, -0.2) is 0 Å². The van der Waals surface area contributed by atoms with Crippen LogP contribution < -0.4 is 5.32 Å². The quantitative estimate of drug-likeness (QED) is 0.768. The summed E-state index contributed by atoms with van der Waals surface area (Å²) >= 11 is 0. The largest absolute Gasteiger partial charge is 0.309 e. The molecule has 0 aromatic carbocycles. The van der Waals surface area contributed by atoms with E-state index >= 15 is 0 Å². The van der Waals surface area contributed by atoms with Crippen LogP contribution in [-0.2, 0) is 0 Å². The molecule has 2 atom stereocenters. The van der Waals surface area contributed by atoms with Crippen LogP contribution in [0.1, 0.15) is 30.0 Å². The van der Waals surface area contributed by atoms with Gasteiger partial charge in [0.05, 0.1) is 0 Å². The van der Waals surface area contributed by atoms with Gasteiger partial charge in [0.25, 0.3) is 0 Å². The third-order valence-corrected chi connectivity index (χ3v) is 3.63. The fourth-order valence-corrected chi connectivity index (χ4v) is 2.51. The van der Waals surface area contributed by atoms with Gasteiger partial charge >= 0.3 is 0 Å². The molecule has 1 aliphatic carbocycles. The topological polar surface area (TPSA) is 24.9 Å². The van der Waals surface area contributed by atoms with Crippen molar-refractivity contribution in [3.05, 3.63) is 29.6 Å². The van der Waals surface area contributed by atoms with E-state index in [0.717, 1.165) is 11.8 Å². The van der Waals surface area contributed by atoms with E-state index < -0.39 is 0 Å². The van der Waals surface area contributed by atoms with Crippen molar-refractivity contribution in [3.8, 4) is 0 Å². The minimum absolute atomic E-state index is 0.616. The van der Waals surface area contributed by atoms with Gasteiger partial charge < -0.3 is 5.32 Å². The monoisotopic (exact) mass is 188 g/mol. The Balaban J connectivity index is 1.84. The summed E-state index contributed by atoms with van der Waals surface area (Å²) in [5.74, 6) is 1.91. The molecule has 1 aromatic heterocycles. The first-order valence-electron chi connectivity index (χ1n) is 5.50. The Hall–Kier alpha value is -0.890. The molecular weight excluding hydrogens is 172 g/mol. The molecule has 2 heterocycles. The normalized spacial score (nSPS) is 31.2. The van der Waals surface area contributed by atoms with Gasteiger partial charge in [-0.3, -0.25) is 4.98 Å². The molecule has 1 saturated heterocycles. The number of pyridine rings is 1. The van der Waals surface area contributed by atoms with Crippen molar-refractivity contribution in [1.29, 1.82) is 0 Å². The van der Waals surface area contributed by atoms with Crippen LogP contribution in [0.3, 0.4) is 0 Å². The van der Waals surface area contributed by atoms with Crippen LogP contribution in [0.25, 0.3) is 0 Å². The van der Waals surface area contributed by atoms with E-state index in [4.69, 9.17) is 0 Å². The molecule has 1 N–H and O–H groups in total. The van der Waals surface area contributed by atoms with Crippen molar-refractivity contribution in [2.24, 2.45) is 11.8 Å². The van der Waals surface area contributed by atoms with Crippen molar-refractivity contribution in [3.63, 3.8) is 0 Å². The molecule has 3 rings (SSSR count). The molecule has 0 amide bonds. The summed E-state index contributed by atoms with van der Waals surface area (Å²) < 4.78 is 0. The van der Waals surface area contributed by atoms with Crippen LogP contribution in [0, 0.1) is 18.8 Å². The maximum Gasteiger partial charge on any atom is 0.0367 e. The Labute approximate surface area is 84.7 Å². The highest BCUT2D eigenvalue weighted by molar-refractivity contribution is 5.28. The Bertz CT molecular complexity index is 344. The molecule has 1 saturated carbocycles. The van der Waals surface area contributed by atoms with Gasteiger partial charge in [0.1, 0.15) is 0 Å². The molecule has 1 aliphatic heterocycles. The number of hydrogen-bond donors (Lipinski definition) is 1. The average Bonchev–Trinajstić information content (AvgIpc) is 2.91. The van der Waals surface area contributed by atoms with Crippen molar-refractivity contribution in [2.45, 2.75) is 25.8 Å². The van der Waals surface area contributed by atoms with Crippen LogP contribution in [0.4, 0.5) is 0 Å². The SMILES string of the molecule is Cc1cnccc1C1NCC1C1CC1. The van der Waals surface area contributed by atoms with Crippen molar-refractivity contribution in [1.82, 2.24) is 10.3 Å². The summed E-state index contributed by atoms with van der Waals surface area (Å²) in [6, 6.07) is 2.78. The third kappa shape index (κ3) is 1.25. The molecule has 0 radical (unpaired) electrons. The number of aryl methyl sites for hydroxylation is 1. The molecule has 2 fully saturated rings. The Morgan fingerprint density at radius 1 is 1.43 bits per heavy atom. The molecule has 2 aliphatic rings. The van der Waals surface area contributed by atoms with Gasteiger partial charge in [-0.2, -0.15) is 0 Å². The Morgan fingerprint density at radius 2 is 2.29 bits per heavy atom. The van der Waals surface area contributed by atoms with Crippen LogP contribution >= 0.6 is 0 Å². The Kier molecular flexibility index (Phi) is 1.84. The van der Waals surface area contributed by atoms with Crippen molar-refractivity contribution in [2.75, 3.05) is 6.54 Å². The second-order valence-electron chi connectivity index (χ2n) is 4.62. The Morgan fingerprint density at radius 3 is 2.86 bits per heavy atom. The lowest BCUT2D eigenvalue weighted by Gasteiger charge is -2.39. The fourth-order valence-electron chi connectivity index (χ4n) is 2.51. The predicted molar refractivity (Wildman–Crippen MR) is 55.9 cm³/mol. The van der Waals surface area contributed by atoms with Gasteiger partial charge in [-0.15, -0.1) is 0 Å². The average molecular weight is 188 g/mol. The minimum atomic E-state index is 0.616. The molecule has 2 nitrogen and oxygen atoms in total. The molecule has 74 valence electrons. The molecular formula is C12H16N2. The molecule has 0 bridgehead atoms. The highest BCUT2D eigenvalue weighted by Crippen LogP contribution is 2.46. The summed E-state index contributed by atoms with van der Waals surface area (Å²) in [6.07, 6.45) is 6.78. The summed E-state index contributed by atoms with van der Waals surface area (Å²) in [5.41, 5.74) is 2.79. The molecule has 1 aromatic rings. The summed E-state index contributed by atoms with van der Waals surface area (Å²) in [4.78, 5) is 4.14. The van der Waals surface area contributed by atoms with E-state index in [2.05, 4.69) is 23.3 Å².